The zero-order valence-electron chi connectivity index (χ0n) is 21.6. The molecule has 34 heavy (non-hydrogen) atoms. The Kier molecular flexibility index (Phi) is 6.28. The lowest BCUT2D eigenvalue weighted by molar-refractivity contribution is 0.512. The fourth-order valence-electron chi connectivity index (χ4n) is 6.71. The van der Waals surface area contributed by atoms with Crippen LogP contribution < -0.4 is 0 Å². The van der Waals surface area contributed by atoms with E-state index in [0.717, 1.165) is 24.7 Å². The molecule has 0 amide bonds. The number of rotatable bonds is 5. The third kappa shape index (κ3) is 4.40. The summed E-state index contributed by atoms with van der Waals surface area (Å²) in [6.45, 7) is 18.0. The van der Waals surface area contributed by atoms with E-state index in [4.69, 9.17) is 0 Å². The molecule has 4 atom stereocenters. The molecule has 0 nitrogen and oxygen atoms in total. The molecule has 0 saturated heterocycles. The molecule has 3 aliphatic rings. The summed E-state index contributed by atoms with van der Waals surface area (Å²) < 4.78 is 0. The van der Waals surface area contributed by atoms with Gasteiger partial charge in [-0.3, -0.25) is 0 Å². The van der Waals surface area contributed by atoms with Crippen molar-refractivity contribution in [3.05, 3.63) is 100 Å². The summed E-state index contributed by atoms with van der Waals surface area (Å²) in [5.41, 5.74) is 14.3. The minimum atomic E-state index is 0.366. The van der Waals surface area contributed by atoms with Crippen LogP contribution in [0.2, 0.25) is 0 Å². The SMILES string of the molecule is C=C1C=CC(C)C(=C)C1CC1=Cc2cccc(-c3cc(C)cc(C)c3C[C@@H]3CCC(C)C3)c2C1. The van der Waals surface area contributed by atoms with Gasteiger partial charge in [-0.25, -0.2) is 0 Å². The highest BCUT2D eigenvalue weighted by molar-refractivity contribution is 5.80. The van der Waals surface area contributed by atoms with E-state index in [-0.39, 0.29) is 0 Å². The second kappa shape index (κ2) is 9.21. The minimum absolute atomic E-state index is 0.366. The molecule has 0 aromatic heterocycles. The Balaban J connectivity index is 1.45. The van der Waals surface area contributed by atoms with Crippen LogP contribution in [0.25, 0.3) is 17.2 Å². The van der Waals surface area contributed by atoms with Gasteiger partial charge in [0.05, 0.1) is 0 Å². The molecule has 1 saturated carbocycles. The first kappa shape index (κ1) is 23.2. The highest BCUT2D eigenvalue weighted by Crippen LogP contribution is 2.43. The van der Waals surface area contributed by atoms with Crippen molar-refractivity contribution in [1.82, 2.24) is 0 Å². The Morgan fingerprint density at radius 2 is 1.79 bits per heavy atom. The number of aryl methyl sites for hydroxylation is 2. The van der Waals surface area contributed by atoms with Crippen LogP contribution in [0.15, 0.2) is 72.4 Å². The average molecular weight is 449 g/mol. The van der Waals surface area contributed by atoms with E-state index >= 15 is 0 Å². The summed E-state index contributed by atoms with van der Waals surface area (Å²) in [6, 6.07) is 11.8. The summed E-state index contributed by atoms with van der Waals surface area (Å²) in [6.07, 6.45) is 14.4. The van der Waals surface area contributed by atoms with Crippen LogP contribution >= 0.6 is 0 Å². The lowest BCUT2D eigenvalue weighted by Gasteiger charge is -2.28. The molecule has 0 heterocycles. The standard InChI is InChI=1S/C34H40/c1-21-10-13-27(15-21)18-32-25(5)14-22(2)16-34(32)30-9-7-8-29-17-28(20-33(29)30)19-31-24(4)12-11-23(3)26(31)6/h7-9,11-12,14,16-17,21,23,27,31H,4,6,10,13,15,18-20H2,1-3,5H3/t21?,23?,27-,31?/m1/s1. The Morgan fingerprint density at radius 1 is 0.971 bits per heavy atom. The van der Waals surface area contributed by atoms with Crippen LogP contribution in [-0.4, -0.2) is 0 Å². The first-order chi connectivity index (χ1) is 16.3. The Bertz CT molecular complexity index is 1200. The zero-order chi connectivity index (χ0) is 24.0. The van der Waals surface area contributed by atoms with Crippen molar-refractivity contribution < 1.29 is 0 Å². The van der Waals surface area contributed by atoms with Gasteiger partial charge < -0.3 is 0 Å². The van der Waals surface area contributed by atoms with Gasteiger partial charge in [0.1, 0.15) is 0 Å². The first-order valence-electron chi connectivity index (χ1n) is 13.3. The fourth-order valence-corrected chi connectivity index (χ4v) is 6.71. The summed E-state index contributed by atoms with van der Waals surface area (Å²) >= 11 is 0. The van der Waals surface area contributed by atoms with E-state index in [2.05, 4.69) is 89.4 Å². The lowest BCUT2D eigenvalue weighted by atomic mass is 9.77. The number of allylic oxidation sites excluding steroid dienone is 5. The Morgan fingerprint density at radius 3 is 2.56 bits per heavy atom. The van der Waals surface area contributed by atoms with Crippen LogP contribution in [0.1, 0.15) is 67.3 Å². The predicted molar refractivity (Wildman–Crippen MR) is 148 cm³/mol. The van der Waals surface area contributed by atoms with Gasteiger partial charge >= 0.3 is 0 Å². The zero-order valence-corrected chi connectivity index (χ0v) is 21.6. The molecule has 3 unspecified atom stereocenters. The Labute approximate surface area is 207 Å². The van der Waals surface area contributed by atoms with E-state index in [0.29, 0.717) is 11.8 Å². The van der Waals surface area contributed by atoms with E-state index in [1.165, 1.54) is 75.8 Å². The van der Waals surface area contributed by atoms with Crippen molar-refractivity contribution in [2.45, 2.75) is 66.2 Å². The molecule has 3 aliphatic carbocycles. The highest BCUT2D eigenvalue weighted by atomic mass is 14.3. The van der Waals surface area contributed by atoms with Gasteiger partial charge in [0.25, 0.3) is 0 Å². The second-order valence-corrected chi connectivity index (χ2v) is 11.5. The molecule has 0 bridgehead atoms. The van der Waals surface area contributed by atoms with Crippen molar-refractivity contribution >= 4 is 6.08 Å². The van der Waals surface area contributed by atoms with Gasteiger partial charge in [0.2, 0.25) is 0 Å². The summed E-state index contributed by atoms with van der Waals surface area (Å²) in [5.74, 6) is 2.52. The molecule has 0 spiro atoms. The van der Waals surface area contributed by atoms with Crippen LogP contribution in [0.3, 0.4) is 0 Å². The van der Waals surface area contributed by atoms with Gasteiger partial charge in [-0.2, -0.15) is 0 Å². The summed E-state index contributed by atoms with van der Waals surface area (Å²) in [5, 5.41) is 0. The topological polar surface area (TPSA) is 0 Å². The smallest absolute Gasteiger partial charge is 0.00826 e. The van der Waals surface area contributed by atoms with Crippen molar-refractivity contribution in [3.8, 4) is 11.1 Å². The third-order valence-electron chi connectivity index (χ3n) is 8.72. The van der Waals surface area contributed by atoms with Gasteiger partial charge in [-0.1, -0.05) is 98.7 Å². The molecular weight excluding hydrogens is 408 g/mol. The third-order valence-corrected chi connectivity index (χ3v) is 8.72. The van der Waals surface area contributed by atoms with Gasteiger partial charge in [-0.15, -0.1) is 0 Å². The van der Waals surface area contributed by atoms with Crippen LogP contribution in [0, 0.1) is 37.5 Å². The van der Waals surface area contributed by atoms with Crippen LogP contribution in [0.5, 0.6) is 0 Å². The molecule has 5 rings (SSSR count). The largest absolute Gasteiger partial charge is 0.0986 e. The van der Waals surface area contributed by atoms with Crippen molar-refractivity contribution in [3.63, 3.8) is 0 Å². The molecule has 176 valence electrons. The second-order valence-electron chi connectivity index (χ2n) is 11.5. The molecule has 1 fully saturated rings. The molecule has 0 N–H and O–H groups in total. The fraction of sp³-hybridized carbons (Fsp3) is 0.412. The number of benzene rings is 2. The summed E-state index contributed by atoms with van der Waals surface area (Å²) in [4.78, 5) is 0. The van der Waals surface area contributed by atoms with E-state index in [9.17, 15) is 0 Å². The monoisotopic (exact) mass is 448 g/mol. The normalized spacial score (nSPS) is 26.2. The minimum Gasteiger partial charge on any atom is -0.0986 e. The lowest BCUT2D eigenvalue weighted by Crippen LogP contribution is -2.15. The molecule has 2 aromatic carbocycles. The first-order valence-corrected chi connectivity index (χ1v) is 13.3. The molecule has 0 radical (unpaired) electrons. The molecule has 0 aliphatic heterocycles. The Hall–Kier alpha value is -2.60. The highest BCUT2D eigenvalue weighted by Gasteiger charge is 2.27. The van der Waals surface area contributed by atoms with Crippen LogP contribution in [-0.2, 0) is 12.8 Å². The molecular formula is C34H40. The number of hydrogen-bond acceptors (Lipinski definition) is 0. The maximum Gasteiger partial charge on any atom is 0.00826 e. The molecule has 2 aromatic rings. The van der Waals surface area contributed by atoms with E-state index in [1.807, 2.05) is 0 Å². The van der Waals surface area contributed by atoms with Crippen molar-refractivity contribution in [2.24, 2.45) is 23.7 Å². The number of hydrogen-bond donors (Lipinski definition) is 0. The van der Waals surface area contributed by atoms with E-state index < -0.39 is 0 Å². The van der Waals surface area contributed by atoms with Gasteiger partial charge in [-0.05, 0) is 103 Å². The average Bonchev–Trinajstić information content (AvgIpc) is 3.40. The van der Waals surface area contributed by atoms with Crippen molar-refractivity contribution in [1.29, 1.82) is 0 Å². The van der Waals surface area contributed by atoms with Crippen molar-refractivity contribution in [2.75, 3.05) is 0 Å². The predicted octanol–water partition coefficient (Wildman–Crippen LogP) is 9.21. The quantitative estimate of drug-likeness (QED) is 0.400. The number of fused-ring (bicyclic) bond motifs is 1. The summed E-state index contributed by atoms with van der Waals surface area (Å²) in [7, 11) is 0. The van der Waals surface area contributed by atoms with Crippen LogP contribution in [0.4, 0.5) is 0 Å². The maximum atomic E-state index is 4.43. The van der Waals surface area contributed by atoms with Gasteiger partial charge in [0.15, 0.2) is 0 Å². The van der Waals surface area contributed by atoms with Gasteiger partial charge in [0, 0.05) is 5.92 Å². The van der Waals surface area contributed by atoms with E-state index in [1.54, 1.807) is 5.56 Å². The molecule has 0 heteroatoms. The maximum absolute atomic E-state index is 4.43.